The molecule has 0 heterocycles. The van der Waals surface area contributed by atoms with Crippen LogP contribution in [0.25, 0.3) is 0 Å². The van der Waals surface area contributed by atoms with Crippen LogP contribution in [0, 0.1) is 0 Å². The van der Waals surface area contributed by atoms with Gasteiger partial charge in [-0.15, -0.1) is 0 Å². The highest BCUT2D eigenvalue weighted by molar-refractivity contribution is 5.86. The monoisotopic (exact) mass is 278 g/mol. The Kier molecular flexibility index (Phi) is 7.43. The second-order valence-electron chi connectivity index (χ2n) is 4.58. The zero-order chi connectivity index (χ0) is 14.8. The van der Waals surface area contributed by atoms with Gasteiger partial charge in [0.05, 0.1) is 19.3 Å². The Bertz CT molecular complexity index is 414. The van der Waals surface area contributed by atoms with E-state index >= 15 is 0 Å². The molecule has 0 aliphatic heterocycles. The molecule has 0 saturated heterocycles. The Hall–Kier alpha value is -1.81. The van der Waals surface area contributed by atoms with E-state index in [1.165, 1.54) is 0 Å². The second kappa shape index (κ2) is 9.15. The van der Waals surface area contributed by atoms with Crippen molar-refractivity contribution in [2.45, 2.75) is 26.4 Å². The Morgan fingerprint density at radius 1 is 1.25 bits per heavy atom. The van der Waals surface area contributed by atoms with Crippen molar-refractivity contribution in [3.63, 3.8) is 0 Å². The van der Waals surface area contributed by atoms with Crippen molar-refractivity contribution in [3.05, 3.63) is 42.5 Å². The number of ether oxygens (including phenoxy) is 3. The summed E-state index contributed by atoms with van der Waals surface area (Å²) < 4.78 is 16.1. The Balaban J connectivity index is 2.04. The highest BCUT2D eigenvalue weighted by Gasteiger charge is 2.05. The highest BCUT2D eigenvalue weighted by atomic mass is 16.5. The van der Waals surface area contributed by atoms with Crippen LogP contribution in [-0.2, 0) is 14.3 Å². The van der Waals surface area contributed by atoms with E-state index < -0.39 is 0 Å². The normalized spacial score (nSPS) is 11.7. The summed E-state index contributed by atoms with van der Waals surface area (Å²) >= 11 is 0. The molecule has 0 fully saturated rings. The van der Waals surface area contributed by atoms with Crippen LogP contribution in [0.15, 0.2) is 42.5 Å². The molecule has 0 bridgehead atoms. The van der Waals surface area contributed by atoms with E-state index in [4.69, 9.17) is 14.2 Å². The van der Waals surface area contributed by atoms with E-state index in [9.17, 15) is 4.79 Å². The number of carbonyl (C=O) groups is 1. The highest BCUT2D eigenvalue weighted by Crippen LogP contribution is 2.09. The lowest BCUT2D eigenvalue weighted by molar-refractivity contribution is -0.139. The molecule has 1 unspecified atom stereocenters. The van der Waals surface area contributed by atoms with Crippen molar-refractivity contribution in [3.8, 4) is 5.75 Å². The van der Waals surface area contributed by atoms with Gasteiger partial charge >= 0.3 is 5.97 Å². The number of carbonyl (C=O) groups excluding carboxylic acids is 1. The molecule has 0 saturated carbocycles. The van der Waals surface area contributed by atoms with Gasteiger partial charge in [-0.25, -0.2) is 4.79 Å². The van der Waals surface area contributed by atoms with Gasteiger partial charge in [-0.1, -0.05) is 24.8 Å². The van der Waals surface area contributed by atoms with E-state index in [1.54, 1.807) is 6.92 Å². The van der Waals surface area contributed by atoms with Crippen molar-refractivity contribution < 1.29 is 19.0 Å². The van der Waals surface area contributed by atoms with E-state index in [0.717, 1.165) is 5.75 Å². The average Bonchev–Trinajstić information content (AvgIpc) is 2.45. The third-order valence-corrected chi connectivity index (χ3v) is 2.50. The molecule has 0 spiro atoms. The van der Waals surface area contributed by atoms with Gasteiger partial charge in [0.2, 0.25) is 0 Å². The van der Waals surface area contributed by atoms with E-state index in [2.05, 4.69) is 6.58 Å². The van der Waals surface area contributed by atoms with Gasteiger partial charge in [0.1, 0.15) is 12.4 Å². The summed E-state index contributed by atoms with van der Waals surface area (Å²) in [6.45, 7) is 8.46. The first-order valence-corrected chi connectivity index (χ1v) is 6.71. The van der Waals surface area contributed by atoms with E-state index in [0.29, 0.717) is 31.8 Å². The molecule has 0 aliphatic rings. The topological polar surface area (TPSA) is 44.8 Å². The van der Waals surface area contributed by atoms with Crippen LogP contribution in [0.2, 0.25) is 0 Å². The third kappa shape index (κ3) is 6.95. The summed E-state index contributed by atoms with van der Waals surface area (Å²) in [6, 6.07) is 9.61. The summed E-state index contributed by atoms with van der Waals surface area (Å²) in [7, 11) is 0. The largest absolute Gasteiger partial charge is 0.491 e. The minimum absolute atomic E-state index is 0.00736. The van der Waals surface area contributed by atoms with Crippen LogP contribution in [-0.4, -0.2) is 31.9 Å². The molecular formula is C16H22O4. The van der Waals surface area contributed by atoms with Crippen molar-refractivity contribution in [1.29, 1.82) is 0 Å². The zero-order valence-electron chi connectivity index (χ0n) is 12.1. The van der Waals surface area contributed by atoms with E-state index in [1.807, 2.05) is 37.3 Å². The maximum atomic E-state index is 11.1. The van der Waals surface area contributed by atoms with Crippen LogP contribution >= 0.6 is 0 Å². The van der Waals surface area contributed by atoms with Crippen LogP contribution < -0.4 is 4.74 Å². The summed E-state index contributed by atoms with van der Waals surface area (Å²) in [5.74, 6) is 0.476. The van der Waals surface area contributed by atoms with Crippen molar-refractivity contribution in [2.24, 2.45) is 0 Å². The Morgan fingerprint density at radius 3 is 2.60 bits per heavy atom. The molecule has 1 aromatic rings. The van der Waals surface area contributed by atoms with Gasteiger partial charge in [0.15, 0.2) is 0 Å². The lowest BCUT2D eigenvalue weighted by Crippen LogP contribution is -2.19. The predicted octanol–water partition coefficient (Wildman–Crippen LogP) is 2.98. The first kappa shape index (κ1) is 16.2. The van der Waals surface area contributed by atoms with Crippen LogP contribution in [0.5, 0.6) is 5.75 Å². The molecular weight excluding hydrogens is 256 g/mol. The van der Waals surface area contributed by atoms with Gasteiger partial charge in [-0.3, -0.25) is 0 Å². The van der Waals surface area contributed by atoms with Crippen molar-refractivity contribution >= 4 is 5.97 Å². The van der Waals surface area contributed by atoms with Crippen molar-refractivity contribution in [1.82, 2.24) is 0 Å². The van der Waals surface area contributed by atoms with Gasteiger partial charge in [0, 0.05) is 12.0 Å². The quantitative estimate of drug-likeness (QED) is 0.396. The molecule has 4 nitrogen and oxygen atoms in total. The van der Waals surface area contributed by atoms with Gasteiger partial charge in [-0.2, -0.15) is 0 Å². The molecule has 20 heavy (non-hydrogen) atoms. The maximum absolute atomic E-state index is 11.1. The number of para-hydroxylation sites is 1. The summed E-state index contributed by atoms with van der Waals surface area (Å²) in [4.78, 5) is 11.1. The number of benzene rings is 1. The van der Waals surface area contributed by atoms with Gasteiger partial charge < -0.3 is 14.2 Å². The van der Waals surface area contributed by atoms with Crippen LogP contribution in [0.3, 0.4) is 0 Å². The first-order valence-electron chi connectivity index (χ1n) is 6.71. The molecule has 1 atom stereocenters. The Morgan fingerprint density at radius 2 is 1.95 bits per heavy atom. The van der Waals surface area contributed by atoms with Crippen LogP contribution in [0.4, 0.5) is 0 Å². The average molecular weight is 278 g/mol. The predicted molar refractivity (Wildman–Crippen MR) is 77.7 cm³/mol. The SMILES string of the molecule is C=C(C)C(=O)OCCCOC(C)COc1ccccc1. The molecule has 0 aliphatic carbocycles. The third-order valence-electron chi connectivity index (χ3n) is 2.50. The smallest absolute Gasteiger partial charge is 0.333 e. The fourth-order valence-corrected chi connectivity index (χ4v) is 1.41. The summed E-state index contributed by atoms with van der Waals surface area (Å²) in [6.07, 6.45) is 0.654. The maximum Gasteiger partial charge on any atom is 0.333 e. The number of esters is 1. The fraction of sp³-hybridized carbons (Fsp3) is 0.438. The van der Waals surface area contributed by atoms with Crippen molar-refractivity contribution in [2.75, 3.05) is 19.8 Å². The minimum Gasteiger partial charge on any atom is -0.491 e. The molecule has 1 aromatic carbocycles. The number of hydrogen-bond donors (Lipinski definition) is 0. The molecule has 110 valence electrons. The van der Waals surface area contributed by atoms with Gasteiger partial charge in [0.25, 0.3) is 0 Å². The minimum atomic E-state index is -0.356. The molecule has 0 radical (unpaired) electrons. The molecule has 1 rings (SSSR count). The lowest BCUT2D eigenvalue weighted by Gasteiger charge is -2.14. The summed E-state index contributed by atoms with van der Waals surface area (Å²) in [5, 5.41) is 0. The summed E-state index contributed by atoms with van der Waals surface area (Å²) in [5.41, 5.74) is 0.413. The Labute approximate surface area is 120 Å². The number of rotatable bonds is 9. The second-order valence-corrected chi connectivity index (χ2v) is 4.58. The standard InChI is InChI=1S/C16H22O4/c1-13(2)16(17)19-11-7-10-18-14(3)12-20-15-8-5-4-6-9-15/h4-6,8-9,14H,1,7,10-12H2,2-3H3. The fourth-order valence-electron chi connectivity index (χ4n) is 1.41. The van der Waals surface area contributed by atoms with Crippen LogP contribution in [0.1, 0.15) is 20.3 Å². The zero-order valence-corrected chi connectivity index (χ0v) is 12.1. The molecule has 4 heteroatoms. The lowest BCUT2D eigenvalue weighted by atomic mass is 10.3. The van der Waals surface area contributed by atoms with E-state index in [-0.39, 0.29) is 12.1 Å². The molecule has 0 aromatic heterocycles. The first-order chi connectivity index (χ1) is 9.59. The van der Waals surface area contributed by atoms with Gasteiger partial charge in [-0.05, 0) is 26.0 Å². The molecule has 0 amide bonds. The molecule has 0 N–H and O–H groups in total. The number of hydrogen-bond acceptors (Lipinski definition) is 4.